The van der Waals surface area contributed by atoms with E-state index in [1.54, 1.807) is 0 Å². The van der Waals surface area contributed by atoms with Gasteiger partial charge in [0.2, 0.25) is 0 Å². The van der Waals surface area contributed by atoms with E-state index in [4.69, 9.17) is 4.74 Å². The molecule has 2 nitrogen and oxygen atoms in total. The maximum atomic E-state index is 5.75. The molecule has 1 aromatic rings. The van der Waals surface area contributed by atoms with Gasteiger partial charge in [0, 0.05) is 19.8 Å². The van der Waals surface area contributed by atoms with E-state index in [1.807, 2.05) is 12.2 Å². The van der Waals surface area contributed by atoms with Crippen LogP contribution in [0.15, 0.2) is 66.8 Å². The monoisotopic (exact) mass is 355 g/mol. The zero-order valence-corrected chi connectivity index (χ0v) is 16.6. The third-order valence-electron chi connectivity index (χ3n) is 4.39. The second-order valence-electron chi connectivity index (χ2n) is 6.60. The van der Waals surface area contributed by atoms with Crippen molar-refractivity contribution in [3.05, 3.63) is 72.4 Å². The number of hydrogen-bond donors (Lipinski definition) is 1. The molecule has 26 heavy (non-hydrogen) atoms. The van der Waals surface area contributed by atoms with E-state index in [1.165, 1.54) is 43.2 Å². The van der Waals surface area contributed by atoms with Crippen LogP contribution in [0, 0.1) is 0 Å². The Morgan fingerprint density at radius 3 is 2.46 bits per heavy atom. The highest BCUT2D eigenvalue weighted by atomic mass is 16.5. The van der Waals surface area contributed by atoms with Gasteiger partial charge in [-0.25, -0.2) is 0 Å². The van der Waals surface area contributed by atoms with Crippen LogP contribution >= 0.6 is 0 Å². The molecule has 0 atom stereocenters. The SMILES string of the molecule is C=CC=CC(=CC)CCCCOCCCCCCNCc1ccccc1. The Labute approximate surface area is 161 Å². The first-order chi connectivity index (χ1) is 12.9. The fraction of sp³-hybridized carbons (Fsp3) is 0.500. The molecular weight excluding hydrogens is 318 g/mol. The predicted octanol–water partition coefficient (Wildman–Crippen LogP) is 6.21. The number of benzene rings is 1. The van der Waals surface area contributed by atoms with Gasteiger partial charge in [-0.15, -0.1) is 0 Å². The fourth-order valence-electron chi connectivity index (χ4n) is 2.79. The molecule has 1 rings (SSSR count). The van der Waals surface area contributed by atoms with E-state index in [9.17, 15) is 0 Å². The first-order valence-corrected chi connectivity index (χ1v) is 10.1. The molecule has 1 aromatic carbocycles. The topological polar surface area (TPSA) is 21.3 Å². The van der Waals surface area contributed by atoms with Gasteiger partial charge in [0.05, 0.1) is 0 Å². The first kappa shape index (κ1) is 22.4. The summed E-state index contributed by atoms with van der Waals surface area (Å²) in [4.78, 5) is 0. The minimum Gasteiger partial charge on any atom is -0.381 e. The molecule has 0 spiro atoms. The maximum Gasteiger partial charge on any atom is 0.0466 e. The summed E-state index contributed by atoms with van der Waals surface area (Å²) in [6.07, 6.45) is 16.6. The Hall–Kier alpha value is -1.64. The number of rotatable bonds is 16. The summed E-state index contributed by atoms with van der Waals surface area (Å²) in [5.74, 6) is 0. The van der Waals surface area contributed by atoms with Crippen LogP contribution in [0.3, 0.4) is 0 Å². The van der Waals surface area contributed by atoms with E-state index in [-0.39, 0.29) is 0 Å². The van der Waals surface area contributed by atoms with Crippen LogP contribution in [0.5, 0.6) is 0 Å². The number of allylic oxidation sites excluding steroid dienone is 5. The molecule has 0 aliphatic rings. The van der Waals surface area contributed by atoms with Crippen molar-refractivity contribution in [2.24, 2.45) is 0 Å². The third-order valence-corrected chi connectivity index (χ3v) is 4.39. The van der Waals surface area contributed by atoms with Crippen molar-refractivity contribution in [2.45, 2.75) is 58.4 Å². The molecule has 0 heterocycles. The van der Waals surface area contributed by atoms with Crippen LogP contribution in [-0.4, -0.2) is 19.8 Å². The van der Waals surface area contributed by atoms with Gasteiger partial charge in [-0.2, -0.15) is 0 Å². The number of hydrogen-bond acceptors (Lipinski definition) is 2. The van der Waals surface area contributed by atoms with Crippen LogP contribution in [0.4, 0.5) is 0 Å². The van der Waals surface area contributed by atoms with Crippen molar-refractivity contribution in [2.75, 3.05) is 19.8 Å². The highest BCUT2D eigenvalue weighted by Crippen LogP contribution is 2.09. The normalized spacial score (nSPS) is 12.0. The van der Waals surface area contributed by atoms with E-state index in [0.29, 0.717) is 0 Å². The molecule has 0 aliphatic carbocycles. The molecule has 144 valence electrons. The molecular formula is C24H37NO. The zero-order chi connectivity index (χ0) is 18.7. The summed E-state index contributed by atoms with van der Waals surface area (Å²) >= 11 is 0. The molecule has 0 saturated heterocycles. The summed E-state index contributed by atoms with van der Waals surface area (Å²) < 4.78 is 5.75. The van der Waals surface area contributed by atoms with Crippen molar-refractivity contribution in [3.63, 3.8) is 0 Å². The molecule has 0 unspecified atom stereocenters. The number of unbranched alkanes of at least 4 members (excludes halogenated alkanes) is 4. The van der Waals surface area contributed by atoms with Gasteiger partial charge in [0.25, 0.3) is 0 Å². The van der Waals surface area contributed by atoms with E-state index < -0.39 is 0 Å². The molecule has 0 fully saturated rings. The smallest absolute Gasteiger partial charge is 0.0466 e. The lowest BCUT2D eigenvalue weighted by Gasteiger charge is -2.06. The summed E-state index contributed by atoms with van der Waals surface area (Å²) in [6, 6.07) is 10.6. The highest BCUT2D eigenvalue weighted by molar-refractivity contribution is 5.20. The lowest BCUT2D eigenvalue weighted by molar-refractivity contribution is 0.126. The second-order valence-corrected chi connectivity index (χ2v) is 6.60. The Balaban J connectivity index is 1.82. The summed E-state index contributed by atoms with van der Waals surface area (Å²) in [6.45, 7) is 9.67. The molecule has 0 bridgehead atoms. The van der Waals surface area contributed by atoms with Crippen molar-refractivity contribution in [1.82, 2.24) is 5.32 Å². The Kier molecular flexibility index (Phi) is 14.5. The molecule has 2 heteroatoms. The zero-order valence-electron chi connectivity index (χ0n) is 16.6. The first-order valence-electron chi connectivity index (χ1n) is 10.1. The minimum atomic E-state index is 0.890. The largest absolute Gasteiger partial charge is 0.381 e. The fourth-order valence-corrected chi connectivity index (χ4v) is 2.79. The second kappa shape index (κ2) is 16.8. The maximum absolute atomic E-state index is 5.75. The van der Waals surface area contributed by atoms with Crippen LogP contribution in [0.1, 0.15) is 57.4 Å². The average Bonchev–Trinajstić information content (AvgIpc) is 2.68. The molecule has 0 aromatic heterocycles. The van der Waals surface area contributed by atoms with Crippen molar-refractivity contribution < 1.29 is 4.74 Å². The summed E-state index contributed by atoms with van der Waals surface area (Å²) in [5.41, 5.74) is 2.74. The Morgan fingerprint density at radius 2 is 1.73 bits per heavy atom. The minimum absolute atomic E-state index is 0.890. The molecule has 1 N–H and O–H groups in total. The predicted molar refractivity (Wildman–Crippen MR) is 114 cm³/mol. The summed E-state index contributed by atoms with van der Waals surface area (Å²) in [7, 11) is 0. The van der Waals surface area contributed by atoms with E-state index >= 15 is 0 Å². The lowest BCUT2D eigenvalue weighted by Crippen LogP contribution is -2.14. The van der Waals surface area contributed by atoms with Crippen molar-refractivity contribution in [1.29, 1.82) is 0 Å². The van der Waals surface area contributed by atoms with Crippen LogP contribution in [-0.2, 0) is 11.3 Å². The standard InChI is InChI=1S/C24H37NO/c1-3-5-15-23(4-2)16-11-14-21-26-20-13-7-6-12-19-25-22-24-17-9-8-10-18-24/h3-5,8-10,15,17-18,25H,1,6-7,11-14,16,19-22H2,2H3. The van der Waals surface area contributed by atoms with Gasteiger partial charge < -0.3 is 10.1 Å². The van der Waals surface area contributed by atoms with Crippen LogP contribution in [0.25, 0.3) is 0 Å². The lowest BCUT2D eigenvalue weighted by atomic mass is 10.1. The van der Waals surface area contributed by atoms with E-state index in [2.05, 4.69) is 61.3 Å². The van der Waals surface area contributed by atoms with Gasteiger partial charge in [0.1, 0.15) is 0 Å². The van der Waals surface area contributed by atoms with Gasteiger partial charge in [-0.1, -0.05) is 79.6 Å². The van der Waals surface area contributed by atoms with Gasteiger partial charge in [0.15, 0.2) is 0 Å². The average molecular weight is 356 g/mol. The number of ether oxygens (including phenoxy) is 1. The number of nitrogens with one attached hydrogen (secondary N) is 1. The third kappa shape index (κ3) is 12.7. The van der Waals surface area contributed by atoms with E-state index in [0.717, 1.165) is 39.1 Å². The quantitative estimate of drug-likeness (QED) is 0.281. The molecule has 0 saturated carbocycles. The molecule has 0 amide bonds. The Bertz CT molecular complexity index is 504. The van der Waals surface area contributed by atoms with Gasteiger partial charge in [-0.3, -0.25) is 0 Å². The van der Waals surface area contributed by atoms with Gasteiger partial charge in [-0.05, 0) is 51.1 Å². The Morgan fingerprint density at radius 1 is 1.00 bits per heavy atom. The van der Waals surface area contributed by atoms with Crippen LogP contribution < -0.4 is 5.32 Å². The van der Waals surface area contributed by atoms with Crippen molar-refractivity contribution in [3.8, 4) is 0 Å². The molecule has 0 radical (unpaired) electrons. The molecule has 0 aliphatic heterocycles. The van der Waals surface area contributed by atoms with Gasteiger partial charge >= 0.3 is 0 Å². The highest BCUT2D eigenvalue weighted by Gasteiger charge is 1.95. The van der Waals surface area contributed by atoms with Crippen LogP contribution in [0.2, 0.25) is 0 Å². The summed E-state index contributed by atoms with van der Waals surface area (Å²) in [5, 5.41) is 3.51. The van der Waals surface area contributed by atoms with Crippen molar-refractivity contribution >= 4 is 0 Å².